The Kier molecular flexibility index (Phi) is 3.29. The van der Waals surface area contributed by atoms with E-state index in [2.05, 4.69) is 18.3 Å². The maximum absolute atomic E-state index is 9.41. The van der Waals surface area contributed by atoms with E-state index in [0.29, 0.717) is 5.92 Å². The van der Waals surface area contributed by atoms with Crippen LogP contribution in [0.1, 0.15) is 30.2 Å². The lowest BCUT2D eigenvalue weighted by Crippen LogP contribution is -2.47. The van der Waals surface area contributed by atoms with Gasteiger partial charge in [-0.1, -0.05) is 0 Å². The van der Waals surface area contributed by atoms with Crippen molar-refractivity contribution in [3.8, 4) is 6.07 Å². The first-order valence-electron chi connectivity index (χ1n) is 5.51. The lowest BCUT2D eigenvalue weighted by Gasteiger charge is -2.28. The van der Waals surface area contributed by atoms with Gasteiger partial charge < -0.3 is 10.4 Å². The first kappa shape index (κ1) is 11.6. The molecular weight excluding hydrogens is 220 g/mol. The summed E-state index contributed by atoms with van der Waals surface area (Å²) < 4.78 is 0. The average molecular weight is 236 g/mol. The van der Waals surface area contributed by atoms with Gasteiger partial charge in [-0.25, -0.2) is 0 Å². The molecule has 0 spiro atoms. The Balaban J connectivity index is 1.93. The molecule has 2 rings (SSSR count). The first-order chi connectivity index (χ1) is 7.68. The van der Waals surface area contributed by atoms with Crippen molar-refractivity contribution in [1.29, 1.82) is 5.26 Å². The van der Waals surface area contributed by atoms with Crippen LogP contribution in [-0.2, 0) is 6.54 Å². The summed E-state index contributed by atoms with van der Waals surface area (Å²) in [4.78, 5) is 1.15. The summed E-state index contributed by atoms with van der Waals surface area (Å²) in [6.45, 7) is 2.98. The van der Waals surface area contributed by atoms with Crippen LogP contribution in [0.3, 0.4) is 0 Å². The van der Waals surface area contributed by atoms with E-state index >= 15 is 0 Å². The van der Waals surface area contributed by atoms with Gasteiger partial charge in [0.15, 0.2) is 0 Å². The maximum Gasteiger partial charge on any atom is 0.100 e. The van der Waals surface area contributed by atoms with Crippen molar-refractivity contribution in [1.82, 2.24) is 5.32 Å². The minimum Gasteiger partial charge on any atom is -0.394 e. The molecule has 1 aromatic rings. The third kappa shape index (κ3) is 2.43. The number of nitriles is 1. The van der Waals surface area contributed by atoms with Crippen molar-refractivity contribution in [2.24, 2.45) is 5.92 Å². The third-order valence-corrected chi connectivity index (χ3v) is 4.19. The minimum absolute atomic E-state index is 0.156. The summed E-state index contributed by atoms with van der Waals surface area (Å²) in [6, 6.07) is 4.03. The van der Waals surface area contributed by atoms with Gasteiger partial charge in [-0.15, -0.1) is 11.3 Å². The molecule has 1 atom stereocenters. The molecule has 0 radical (unpaired) electrons. The Morgan fingerprint density at radius 1 is 1.69 bits per heavy atom. The van der Waals surface area contributed by atoms with E-state index in [1.807, 2.05) is 11.4 Å². The highest BCUT2D eigenvalue weighted by molar-refractivity contribution is 7.10. The molecule has 0 aliphatic heterocycles. The normalized spacial score (nSPS) is 19.1. The standard InChI is InChI=1S/C12H16N2OS/c1-12(8-15,10-2-3-10)14-6-11-4-9(5-13)7-16-11/h4,7,10,14-15H,2-3,6,8H2,1H3. The van der Waals surface area contributed by atoms with Gasteiger partial charge in [0.05, 0.1) is 12.2 Å². The molecule has 0 bridgehead atoms. The van der Waals surface area contributed by atoms with E-state index in [-0.39, 0.29) is 12.1 Å². The molecular formula is C12H16N2OS. The van der Waals surface area contributed by atoms with E-state index in [9.17, 15) is 5.11 Å². The van der Waals surface area contributed by atoms with Crippen LogP contribution in [0.2, 0.25) is 0 Å². The van der Waals surface area contributed by atoms with Crippen molar-refractivity contribution in [2.45, 2.75) is 31.8 Å². The Morgan fingerprint density at radius 3 is 2.94 bits per heavy atom. The molecule has 1 aliphatic rings. The SMILES string of the molecule is CC(CO)(NCc1cc(C#N)cs1)C1CC1. The van der Waals surface area contributed by atoms with Gasteiger partial charge in [-0.05, 0) is 31.7 Å². The summed E-state index contributed by atoms with van der Waals surface area (Å²) in [5, 5.41) is 23.4. The summed E-state index contributed by atoms with van der Waals surface area (Å²) in [5.41, 5.74) is 0.565. The molecule has 4 heteroatoms. The highest BCUT2D eigenvalue weighted by atomic mass is 32.1. The number of rotatable bonds is 5. The topological polar surface area (TPSA) is 56.0 Å². The predicted molar refractivity (Wildman–Crippen MR) is 64.1 cm³/mol. The second kappa shape index (κ2) is 4.54. The molecule has 1 saturated carbocycles. The Labute approximate surface area is 99.7 Å². The number of nitrogens with zero attached hydrogens (tertiary/aromatic N) is 1. The largest absolute Gasteiger partial charge is 0.394 e. The highest BCUT2D eigenvalue weighted by Gasteiger charge is 2.40. The van der Waals surface area contributed by atoms with Crippen molar-refractivity contribution < 1.29 is 5.11 Å². The van der Waals surface area contributed by atoms with Gasteiger partial charge in [0, 0.05) is 22.3 Å². The fourth-order valence-electron chi connectivity index (χ4n) is 1.87. The molecule has 86 valence electrons. The number of hydrogen-bond acceptors (Lipinski definition) is 4. The van der Waals surface area contributed by atoms with Gasteiger partial charge in [-0.2, -0.15) is 5.26 Å². The summed E-state index contributed by atoms with van der Waals surface area (Å²) in [6.07, 6.45) is 2.41. The zero-order valence-corrected chi connectivity index (χ0v) is 10.2. The summed E-state index contributed by atoms with van der Waals surface area (Å²) in [7, 11) is 0. The number of aliphatic hydroxyl groups excluding tert-OH is 1. The highest BCUT2D eigenvalue weighted by Crippen LogP contribution is 2.39. The first-order valence-corrected chi connectivity index (χ1v) is 6.39. The molecule has 2 N–H and O–H groups in total. The van der Waals surface area contributed by atoms with E-state index < -0.39 is 0 Å². The molecule has 0 amide bonds. The zero-order chi connectivity index (χ0) is 11.6. The lowest BCUT2D eigenvalue weighted by molar-refractivity contribution is 0.154. The quantitative estimate of drug-likeness (QED) is 0.820. The van der Waals surface area contributed by atoms with Crippen LogP contribution in [0.5, 0.6) is 0 Å². The lowest BCUT2D eigenvalue weighted by atomic mass is 9.97. The number of nitrogens with one attached hydrogen (secondary N) is 1. The molecule has 1 heterocycles. The van der Waals surface area contributed by atoms with Crippen molar-refractivity contribution in [3.05, 3.63) is 21.9 Å². The molecule has 0 aromatic carbocycles. The number of aliphatic hydroxyl groups is 1. The zero-order valence-electron chi connectivity index (χ0n) is 9.36. The maximum atomic E-state index is 9.41. The van der Waals surface area contributed by atoms with Crippen LogP contribution in [0.4, 0.5) is 0 Å². The fraction of sp³-hybridized carbons (Fsp3) is 0.583. The van der Waals surface area contributed by atoms with Crippen LogP contribution in [0.25, 0.3) is 0 Å². The van der Waals surface area contributed by atoms with Crippen LogP contribution >= 0.6 is 11.3 Å². The van der Waals surface area contributed by atoms with Crippen LogP contribution in [0.15, 0.2) is 11.4 Å². The minimum atomic E-state index is -0.156. The Bertz CT molecular complexity index is 405. The van der Waals surface area contributed by atoms with E-state index in [1.165, 1.54) is 12.8 Å². The van der Waals surface area contributed by atoms with E-state index in [0.717, 1.165) is 17.0 Å². The van der Waals surface area contributed by atoms with Gasteiger partial charge >= 0.3 is 0 Å². The molecule has 0 saturated heterocycles. The van der Waals surface area contributed by atoms with E-state index in [4.69, 9.17) is 5.26 Å². The van der Waals surface area contributed by atoms with Gasteiger partial charge in [0.1, 0.15) is 6.07 Å². The Hall–Kier alpha value is -0.890. The monoisotopic (exact) mass is 236 g/mol. The Morgan fingerprint density at radius 2 is 2.44 bits per heavy atom. The number of hydrogen-bond donors (Lipinski definition) is 2. The molecule has 1 unspecified atom stereocenters. The number of thiophene rings is 1. The van der Waals surface area contributed by atoms with Gasteiger partial charge in [0.2, 0.25) is 0 Å². The van der Waals surface area contributed by atoms with Crippen LogP contribution in [-0.4, -0.2) is 17.3 Å². The molecule has 1 aromatic heterocycles. The van der Waals surface area contributed by atoms with Gasteiger partial charge in [0.25, 0.3) is 0 Å². The van der Waals surface area contributed by atoms with Crippen molar-refractivity contribution in [2.75, 3.05) is 6.61 Å². The predicted octanol–water partition coefficient (Wildman–Crippen LogP) is 1.87. The fourth-order valence-corrected chi connectivity index (χ4v) is 2.62. The third-order valence-electron chi connectivity index (χ3n) is 3.26. The van der Waals surface area contributed by atoms with Crippen molar-refractivity contribution in [3.63, 3.8) is 0 Å². The van der Waals surface area contributed by atoms with Crippen LogP contribution < -0.4 is 5.32 Å². The van der Waals surface area contributed by atoms with Gasteiger partial charge in [-0.3, -0.25) is 0 Å². The molecule has 3 nitrogen and oxygen atoms in total. The van der Waals surface area contributed by atoms with Crippen molar-refractivity contribution >= 4 is 11.3 Å². The molecule has 1 fully saturated rings. The average Bonchev–Trinajstić information content (AvgIpc) is 3.06. The smallest absolute Gasteiger partial charge is 0.100 e. The second-order valence-electron chi connectivity index (χ2n) is 4.62. The molecule has 16 heavy (non-hydrogen) atoms. The summed E-state index contributed by atoms with van der Waals surface area (Å²) >= 11 is 1.59. The van der Waals surface area contributed by atoms with Crippen LogP contribution in [0, 0.1) is 17.2 Å². The second-order valence-corrected chi connectivity index (χ2v) is 5.61. The summed E-state index contributed by atoms with van der Waals surface area (Å²) in [5.74, 6) is 0.605. The van der Waals surface area contributed by atoms with E-state index in [1.54, 1.807) is 11.3 Å². The molecule has 1 aliphatic carbocycles.